The molecule has 2 aromatic rings. The van der Waals surface area contributed by atoms with Crippen LogP contribution in [-0.2, 0) is 13.5 Å². The summed E-state index contributed by atoms with van der Waals surface area (Å²) < 4.78 is 12.0. The van der Waals surface area contributed by atoms with Gasteiger partial charge in [-0.2, -0.15) is 0 Å². The fraction of sp³-hybridized carbons (Fsp3) is 0.333. The Morgan fingerprint density at radius 1 is 1.40 bits per heavy atom. The summed E-state index contributed by atoms with van der Waals surface area (Å²) in [6, 6.07) is 5.10. The third-order valence-electron chi connectivity index (χ3n) is 2.98. The number of amides is 1. The molecule has 0 saturated carbocycles. The monoisotopic (exact) mass is 275 g/mol. The molecule has 8 nitrogen and oxygen atoms in total. The molecule has 1 aromatic carbocycles. The van der Waals surface area contributed by atoms with Crippen LogP contribution in [0.2, 0.25) is 0 Å². The number of hydrogen-bond donors (Lipinski definition) is 1. The summed E-state index contributed by atoms with van der Waals surface area (Å²) in [4.78, 5) is 12.0. The predicted molar refractivity (Wildman–Crippen MR) is 67.4 cm³/mol. The second-order valence-corrected chi connectivity index (χ2v) is 4.29. The van der Waals surface area contributed by atoms with Gasteiger partial charge in [-0.25, -0.2) is 4.68 Å². The molecule has 0 spiro atoms. The average Bonchev–Trinajstić information content (AvgIpc) is 3.07. The third-order valence-corrected chi connectivity index (χ3v) is 2.98. The maximum atomic E-state index is 12.0. The van der Waals surface area contributed by atoms with Crippen LogP contribution in [0, 0.1) is 0 Å². The zero-order valence-electron chi connectivity index (χ0n) is 10.9. The lowest BCUT2D eigenvalue weighted by molar-refractivity contribution is 0.0953. The van der Waals surface area contributed by atoms with E-state index in [1.54, 1.807) is 29.9 Å². The van der Waals surface area contributed by atoms with Crippen LogP contribution in [0.4, 0.5) is 0 Å². The minimum atomic E-state index is -0.168. The molecule has 20 heavy (non-hydrogen) atoms. The minimum Gasteiger partial charge on any atom is -0.454 e. The molecule has 0 unspecified atom stereocenters. The van der Waals surface area contributed by atoms with Crippen molar-refractivity contribution in [2.24, 2.45) is 7.05 Å². The van der Waals surface area contributed by atoms with Gasteiger partial charge in [-0.15, -0.1) is 5.10 Å². The Morgan fingerprint density at radius 3 is 3.05 bits per heavy atom. The van der Waals surface area contributed by atoms with Crippen molar-refractivity contribution < 1.29 is 14.3 Å². The van der Waals surface area contributed by atoms with E-state index < -0.39 is 0 Å². The van der Waals surface area contributed by atoms with E-state index in [0.29, 0.717) is 30.0 Å². The molecule has 8 heteroatoms. The molecule has 0 aliphatic carbocycles. The van der Waals surface area contributed by atoms with Crippen molar-refractivity contribution in [3.63, 3.8) is 0 Å². The lowest BCUT2D eigenvalue weighted by atomic mass is 10.2. The summed E-state index contributed by atoms with van der Waals surface area (Å²) in [5.41, 5.74) is 0.533. The lowest BCUT2D eigenvalue weighted by Crippen LogP contribution is -2.26. The van der Waals surface area contributed by atoms with Gasteiger partial charge in [0.25, 0.3) is 5.91 Å². The number of nitrogens with zero attached hydrogens (tertiary/aromatic N) is 4. The largest absolute Gasteiger partial charge is 0.454 e. The summed E-state index contributed by atoms with van der Waals surface area (Å²) in [5.74, 6) is 1.80. The predicted octanol–water partition coefficient (Wildman–Crippen LogP) is -0.0887. The first-order valence-corrected chi connectivity index (χ1v) is 6.13. The van der Waals surface area contributed by atoms with E-state index >= 15 is 0 Å². The van der Waals surface area contributed by atoms with Gasteiger partial charge in [0.15, 0.2) is 17.3 Å². The highest BCUT2D eigenvalue weighted by Gasteiger charge is 2.16. The lowest BCUT2D eigenvalue weighted by Gasteiger charge is -2.05. The Balaban J connectivity index is 1.58. The van der Waals surface area contributed by atoms with Crippen LogP contribution >= 0.6 is 0 Å². The van der Waals surface area contributed by atoms with E-state index in [1.165, 1.54) is 0 Å². The van der Waals surface area contributed by atoms with Crippen molar-refractivity contribution in [3.8, 4) is 11.5 Å². The van der Waals surface area contributed by atoms with Crippen molar-refractivity contribution in [1.29, 1.82) is 0 Å². The number of aromatic nitrogens is 4. The van der Waals surface area contributed by atoms with Crippen LogP contribution in [0.5, 0.6) is 11.5 Å². The first-order valence-electron chi connectivity index (χ1n) is 6.13. The fourth-order valence-corrected chi connectivity index (χ4v) is 1.89. The van der Waals surface area contributed by atoms with Gasteiger partial charge in [0.2, 0.25) is 6.79 Å². The summed E-state index contributed by atoms with van der Waals surface area (Å²) in [7, 11) is 1.76. The van der Waals surface area contributed by atoms with Gasteiger partial charge in [-0.3, -0.25) is 4.79 Å². The van der Waals surface area contributed by atoms with Crippen LogP contribution < -0.4 is 14.8 Å². The molecule has 0 fully saturated rings. The van der Waals surface area contributed by atoms with Crippen molar-refractivity contribution >= 4 is 5.91 Å². The van der Waals surface area contributed by atoms with E-state index in [4.69, 9.17) is 9.47 Å². The number of fused-ring (bicyclic) bond motifs is 1. The number of hydrogen-bond acceptors (Lipinski definition) is 6. The molecule has 1 amide bonds. The number of ether oxygens (including phenoxy) is 2. The normalized spacial score (nSPS) is 12.4. The summed E-state index contributed by atoms with van der Waals surface area (Å²) >= 11 is 0. The summed E-state index contributed by atoms with van der Waals surface area (Å²) in [5, 5.41) is 13.9. The smallest absolute Gasteiger partial charge is 0.251 e. The first-order chi connectivity index (χ1) is 9.74. The maximum absolute atomic E-state index is 12.0. The quantitative estimate of drug-likeness (QED) is 0.838. The zero-order valence-corrected chi connectivity index (χ0v) is 10.9. The SMILES string of the molecule is Cn1nnnc1CCNC(=O)c1ccc2c(c1)OCO2. The highest BCUT2D eigenvalue weighted by molar-refractivity contribution is 5.94. The van der Waals surface area contributed by atoms with Crippen LogP contribution in [0.3, 0.4) is 0 Å². The number of benzene rings is 1. The third kappa shape index (κ3) is 2.40. The van der Waals surface area contributed by atoms with E-state index in [2.05, 4.69) is 20.8 Å². The molecular formula is C12H13N5O3. The molecule has 0 saturated heterocycles. The Morgan fingerprint density at radius 2 is 2.25 bits per heavy atom. The van der Waals surface area contributed by atoms with E-state index in [9.17, 15) is 4.79 Å². The Labute approximate surface area is 114 Å². The van der Waals surface area contributed by atoms with Crippen LogP contribution in [-0.4, -0.2) is 39.5 Å². The Bertz CT molecular complexity index is 640. The van der Waals surface area contributed by atoms with Gasteiger partial charge in [0.05, 0.1) is 0 Å². The summed E-state index contributed by atoms with van der Waals surface area (Å²) in [6.07, 6.45) is 0.569. The van der Waals surface area contributed by atoms with Gasteiger partial charge in [0.1, 0.15) is 0 Å². The number of carbonyl (C=O) groups is 1. The molecule has 1 aliphatic heterocycles. The second kappa shape index (κ2) is 5.16. The fourth-order valence-electron chi connectivity index (χ4n) is 1.89. The molecule has 0 bridgehead atoms. The molecule has 1 aliphatic rings. The molecule has 0 radical (unpaired) electrons. The topological polar surface area (TPSA) is 91.2 Å². The second-order valence-electron chi connectivity index (χ2n) is 4.29. The van der Waals surface area contributed by atoms with Crippen LogP contribution in [0.1, 0.15) is 16.2 Å². The van der Waals surface area contributed by atoms with Gasteiger partial charge < -0.3 is 14.8 Å². The average molecular weight is 275 g/mol. The first kappa shape index (κ1) is 12.4. The molecule has 104 valence electrons. The van der Waals surface area contributed by atoms with Gasteiger partial charge in [-0.1, -0.05) is 0 Å². The molecule has 0 atom stereocenters. The molecule has 2 heterocycles. The molecule has 1 aromatic heterocycles. The van der Waals surface area contributed by atoms with E-state index in [1.807, 2.05) is 0 Å². The van der Waals surface area contributed by atoms with E-state index in [0.717, 1.165) is 5.82 Å². The molecule has 1 N–H and O–H groups in total. The van der Waals surface area contributed by atoms with Crippen molar-refractivity contribution in [2.45, 2.75) is 6.42 Å². The van der Waals surface area contributed by atoms with Crippen LogP contribution in [0.15, 0.2) is 18.2 Å². The number of carbonyl (C=O) groups excluding carboxylic acids is 1. The zero-order chi connectivity index (χ0) is 13.9. The molecular weight excluding hydrogens is 262 g/mol. The highest BCUT2D eigenvalue weighted by atomic mass is 16.7. The number of tetrazole rings is 1. The summed E-state index contributed by atoms with van der Waals surface area (Å²) in [6.45, 7) is 0.654. The van der Waals surface area contributed by atoms with Gasteiger partial charge >= 0.3 is 0 Å². The number of aryl methyl sites for hydroxylation is 1. The Kier molecular flexibility index (Phi) is 3.20. The van der Waals surface area contributed by atoms with Crippen molar-refractivity contribution in [2.75, 3.05) is 13.3 Å². The number of rotatable bonds is 4. The standard InChI is InChI=1S/C12H13N5O3/c1-17-11(14-15-16-17)4-5-13-12(18)8-2-3-9-10(6-8)20-7-19-9/h2-3,6H,4-5,7H2,1H3,(H,13,18). The number of nitrogens with one attached hydrogen (secondary N) is 1. The Hall–Kier alpha value is -2.64. The maximum Gasteiger partial charge on any atom is 0.251 e. The van der Waals surface area contributed by atoms with Crippen molar-refractivity contribution in [3.05, 3.63) is 29.6 Å². The van der Waals surface area contributed by atoms with Crippen molar-refractivity contribution in [1.82, 2.24) is 25.5 Å². The van der Waals surface area contributed by atoms with Gasteiger partial charge in [0, 0.05) is 25.6 Å². The van der Waals surface area contributed by atoms with Gasteiger partial charge in [-0.05, 0) is 28.6 Å². The molecule has 3 rings (SSSR count). The highest BCUT2D eigenvalue weighted by Crippen LogP contribution is 2.32. The van der Waals surface area contributed by atoms with Crippen LogP contribution in [0.25, 0.3) is 0 Å². The minimum absolute atomic E-state index is 0.168. The van der Waals surface area contributed by atoms with E-state index in [-0.39, 0.29) is 12.7 Å².